The molecule has 1 N–H and O–H groups in total. The monoisotopic (exact) mass is 342 g/mol. The van der Waals surface area contributed by atoms with Gasteiger partial charge in [0, 0.05) is 13.7 Å². The molecule has 0 unspecified atom stereocenters. The Hall–Kier alpha value is -1.60. The summed E-state index contributed by atoms with van der Waals surface area (Å²) in [4.78, 5) is 11.9. The summed E-state index contributed by atoms with van der Waals surface area (Å²) in [6.07, 6.45) is 1.09. The second kappa shape index (κ2) is 7.79. The summed E-state index contributed by atoms with van der Waals surface area (Å²) in [6, 6.07) is 7.22. The van der Waals surface area contributed by atoms with Crippen molar-refractivity contribution in [3.63, 3.8) is 0 Å². The third-order valence-electron chi connectivity index (χ3n) is 3.34. The lowest BCUT2D eigenvalue weighted by Crippen LogP contribution is -2.41. The van der Waals surface area contributed by atoms with Gasteiger partial charge in [0.25, 0.3) is 0 Å². The molecule has 7 heteroatoms. The molecule has 1 rings (SSSR count). The maximum absolute atomic E-state index is 12.0. The molecule has 0 aliphatic rings. The minimum absolute atomic E-state index is 0.0218. The molecule has 0 aliphatic carbocycles. The Morgan fingerprint density at radius 3 is 2.22 bits per heavy atom. The van der Waals surface area contributed by atoms with Gasteiger partial charge in [-0.1, -0.05) is 32.9 Å². The first-order chi connectivity index (χ1) is 10.6. The zero-order chi connectivity index (χ0) is 17.7. The summed E-state index contributed by atoms with van der Waals surface area (Å²) in [5.74, 6) is -0.368. The van der Waals surface area contributed by atoms with Gasteiger partial charge in [0.2, 0.25) is 15.9 Å². The molecular formula is C16H26N2O4S. The summed E-state index contributed by atoms with van der Waals surface area (Å²) < 4.78 is 29.9. The largest absolute Gasteiger partial charge is 0.383 e. The van der Waals surface area contributed by atoms with Gasteiger partial charge in [-0.25, -0.2) is 8.42 Å². The number of benzene rings is 1. The van der Waals surface area contributed by atoms with Crippen LogP contribution in [0.15, 0.2) is 24.3 Å². The van der Waals surface area contributed by atoms with E-state index in [0.717, 1.165) is 16.1 Å². The van der Waals surface area contributed by atoms with E-state index in [0.29, 0.717) is 18.8 Å². The third-order valence-corrected chi connectivity index (χ3v) is 4.48. The lowest BCUT2D eigenvalue weighted by Gasteiger charge is -2.24. The number of sulfonamides is 1. The van der Waals surface area contributed by atoms with Gasteiger partial charge in [-0.2, -0.15) is 0 Å². The minimum atomic E-state index is -3.55. The number of amides is 1. The molecule has 0 atom stereocenters. The van der Waals surface area contributed by atoms with Crippen molar-refractivity contribution in [2.45, 2.75) is 26.2 Å². The highest BCUT2D eigenvalue weighted by molar-refractivity contribution is 7.92. The summed E-state index contributed by atoms with van der Waals surface area (Å²) in [5.41, 5.74) is 1.55. The van der Waals surface area contributed by atoms with E-state index in [1.54, 1.807) is 12.1 Å². The smallest absolute Gasteiger partial charge is 0.240 e. The molecule has 0 spiro atoms. The van der Waals surface area contributed by atoms with Gasteiger partial charge in [0.05, 0.1) is 18.6 Å². The first-order valence-electron chi connectivity index (χ1n) is 7.39. The zero-order valence-corrected chi connectivity index (χ0v) is 15.2. The SMILES string of the molecule is COCCNC(=O)CN(c1ccc(C(C)(C)C)cc1)S(C)(=O)=O. The zero-order valence-electron chi connectivity index (χ0n) is 14.4. The van der Waals surface area contributed by atoms with Crippen molar-refractivity contribution < 1.29 is 17.9 Å². The van der Waals surface area contributed by atoms with E-state index < -0.39 is 10.0 Å². The van der Waals surface area contributed by atoms with E-state index >= 15 is 0 Å². The Morgan fingerprint density at radius 1 is 1.22 bits per heavy atom. The van der Waals surface area contributed by atoms with Crippen LogP contribution in [-0.2, 0) is 25.0 Å². The molecule has 1 aromatic rings. The normalized spacial score (nSPS) is 12.0. The van der Waals surface area contributed by atoms with Crippen LogP contribution in [0.4, 0.5) is 5.69 Å². The molecule has 0 radical (unpaired) electrons. The number of ether oxygens (including phenoxy) is 1. The average Bonchev–Trinajstić information content (AvgIpc) is 2.43. The van der Waals surface area contributed by atoms with Crippen molar-refractivity contribution in [1.82, 2.24) is 5.32 Å². The number of carbonyl (C=O) groups excluding carboxylic acids is 1. The molecule has 0 fully saturated rings. The Balaban J connectivity index is 2.93. The van der Waals surface area contributed by atoms with E-state index in [1.807, 2.05) is 12.1 Å². The number of rotatable bonds is 7. The Labute approximate surface area is 138 Å². The Bertz CT molecular complexity index is 618. The van der Waals surface area contributed by atoms with Crippen LogP contribution in [0.2, 0.25) is 0 Å². The van der Waals surface area contributed by atoms with Gasteiger partial charge >= 0.3 is 0 Å². The molecule has 1 aromatic carbocycles. The molecule has 6 nitrogen and oxygen atoms in total. The number of methoxy groups -OCH3 is 1. The molecule has 0 aromatic heterocycles. The van der Waals surface area contributed by atoms with Crippen LogP contribution in [0, 0.1) is 0 Å². The number of anilines is 1. The van der Waals surface area contributed by atoms with Crippen LogP contribution in [0.1, 0.15) is 26.3 Å². The maximum Gasteiger partial charge on any atom is 0.240 e. The molecule has 0 saturated carbocycles. The van der Waals surface area contributed by atoms with Gasteiger partial charge in [-0.15, -0.1) is 0 Å². The van der Waals surface area contributed by atoms with Crippen LogP contribution in [0.5, 0.6) is 0 Å². The lowest BCUT2D eigenvalue weighted by molar-refractivity contribution is -0.119. The number of carbonyl (C=O) groups is 1. The van der Waals surface area contributed by atoms with Crippen LogP contribution in [0.3, 0.4) is 0 Å². The van der Waals surface area contributed by atoms with Crippen LogP contribution in [-0.4, -0.2) is 47.4 Å². The maximum atomic E-state index is 12.0. The fraction of sp³-hybridized carbons (Fsp3) is 0.562. The Morgan fingerprint density at radius 2 is 1.78 bits per heavy atom. The van der Waals surface area contributed by atoms with Gasteiger partial charge in [0.1, 0.15) is 6.54 Å². The van der Waals surface area contributed by atoms with Crippen LogP contribution in [0.25, 0.3) is 0 Å². The summed E-state index contributed by atoms with van der Waals surface area (Å²) in [6.45, 7) is 6.72. The number of hydrogen-bond acceptors (Lipinski definition) is 4. The molecule has 0 aliphatic heterocycles. The van der Waals surface area contributed by atoms with Crippen molar-refractivity contribution in [3.8, 4) is 0 Å². The van der Waals surface area contributed by atoms with Crippen molar-refractivity contribution in [1.29, 1.82) is 0 Å². The van der Waals surface area contributed by atoms with Gasteiger partial charge in [0.15, 0.2) is 0 Å². The standard InChI is InChI=1S/C16H26N2O4S/c1-16(2,3)13-6-8-14(9-7-13)18(23(5,20)21)12-15(19)17-10-11-22-4/h6-9H,10-12H2,1-5H3,(H,17,19). The van der Waals surface area contributed by atoms with Crippen molar-refractivity contribution in [2.75, 3.05) is 37.4 Å². The predicted molar refractivity (Wildman–Crippen MR) is 92.2 cm³/mol. The fourth-order valence-corrected chi connectivity index (χ4v) is 2.86. The molecular weight excluding hydrogens is 316 g/mol. The summed E-state index contributed by atoms with van der Waals surface area (Å²) in [7, 11) is -2.02. The topological polar surface area (TPSA) is 75.7 Å². The van der Waals surface area contributed by atoms with E-state index in [1.165, 1.54) is 7.11 Å². The van der Waals surface area contributed by atoms with Gasteiger partial charge < -0.3 is 10.1 Å². The van der Waals surface area contributed by atoms with Gasteiger partial charge in [-0.05, 0) is 23.1 Å². The second-order valence-electron chi connectivity index (χ2n) is 6.41. The summed E-state index contributed by atoms with van der Waals surface area (Å²) >= 11 is 0. The second-order valence-corrected chi connectivity index (χ2v) is 8.32. The molecule has 130 valence electrons. The van der Waals surface area contributed by atoms with Crippen LogP contribution >= 0.6 is 0 Å². The summed E-state index contributed by atoms with van der Waals surface area (Å²) in [5, 5.41) is 2.62. The Kier molecular flexibility index (Phi) is 6.58. The van der Waals surface area contributed by atoms with E-state index in [9.17, 15) is 13.2 Å². The highest BCUT2D eigenvalue weighted by Gasteiger charge is 2.21. The molecule has 23 heavy (non-hydrogen) atoms. The highest BCUT2D eigenvalue weighted by atomic mass is 32.2. The molecule has 0 saturated heterocycles. The number of hydrogen-bond donors (Lipinski definition) is 1. The predicted octanol–water partition coefficient (Wildman–Crippen LogP) is 1.51. The van der Waals surface area contributed by atoms with Crippen molar-refractivity contribution >= 4 is 21.6 Å². The molecule has 0 bridgehead atoms. The van der Waals surface area contributed by atoms with Gasteiger partial charge in [-0.3, -0.25) is 9.10 Å². The highest BCUT2D eigenvalue weighted by Crippen LogP contribution is 2.25. The van der Waals surface area contributed by atoms with Crippen molar-refractivity contribution in [2.24, 2.45) is 0 Å². The first-order valence-corrected chi connectivity index (χ1v) is 9.24. The van der Waals surface area contributed by atoms with E-state index in [2.05, 4.69) is 26.1 Å². The van der Waals surface area contributed by atoms with Crippen molar-refractivity contribution in [3.05, 3.63) is 29.8 Å². The first kappa shape index (κ1) is 19.4. The minimum Gasteiger partial charge on any atom is -0.383 e. The molecule has 1 amide bonds. The third kappa shape index (κ3) is 6.19. The average molecular weight is 342 g/mol. The molecule has 0 heterocycles. The quantitative estimate of drug-likeness (QED) is 0.762. The van der Waals surface area contributed by atoms with Crippen LogP contribution < -0.4 is 9.62 Å². The lowest BCUT2D eigenvalue weighted by atomic mass is 9.87. The van der Waals surface area contributed by atoms with E-state index in [-0.39, 0.29) is 17.9 Å². The van der Waals surface area contributed by atoms with E-state index in [4.69, 9.17) is 4.74 Å². The number of nitrogens with one attached hydrogen (secondary N) is 1. The fourth-order valence-electron chi connectivity index (χ4n) is 2.01. The number of nitrogens with zero attached hydrogens (tertiary/aromatic N) is 1.